The van der Waals surface area contributed by atoms with Gasteiger partial charge in [-0.3, -0.25) is 4.79 Å². The summed E-state index contributed by atoms with van der Waals surface area (Å²) in [5.41, 5.74) is 6.94. The van der Waals surface area contributed by atoms with Crippen molar-refractivity contribution in [3.05, 3.63) is 89.0 Å². The maximum Gasteiger partial charge on any atom is 0.317 e. The van der Waals surface area contributed by atoms with Gasteiger partial charge in [0.15, 0.2) is 0 Å². The van der Waals surface area contributed by atoms with Crippen molar-refractivity contribution >= 4 is 11.9 Å². The lowest BCUT2D eigenvalue weighted by Crippen LogP contribution is -2.44. The highest BCUT2D eigenvalue weighted by molar-refractivity contribution is 5.83. The van der Waals surface area contributed by atoms with Gasteiger partial charge in [-0.2, -0.15) is 0 Å². The van der Waals surface area contributed by atoms with E-state index in [1.807, 2.05) is 35.2 Å². The fourth-order valence-corrected chi connectivity index (χ4v) is 5.53. The van der Waals surface area contributed by atoms with Crippen LogP contribution in [0.3, 0.4) is 0 Å². The highest BCUT2D eigenvalue weighted by atomic mass is 16.5. The third kappa shape index (κ3) is 6.11. The number of methoxy groups -OCH3 is 1. The van der Waals surface area contributed by atoms with Crippen LogP contribution >= 0.6 is 0 Å². The van der Waals surface area contributed by atoms with Gasteiger partial charge in [0, 0.05) is 32.1 Å². The maximum absolute atomic E-state index is 13.0. The van der Waals surface area contributed by atoms with Crippen LogP contribution < -0.4 is 15.4 Å². The number of urea groups is 1. The molecular formula is C33H39N3O3. The smallest absolute Gasteiger partial charge is 0.317 e. The molecule has 0 radical (unpaired) electrons. The molecular weight excluding hydrogens is 486 g/mol. The van der Waals surface area contributed by atoms with Gasteiger partial charge in [0.2, 0.25) is 5.91 Å². The molecule has 1 aliphatic heterocycles. The zero-order valence-corrected chi connectivity index (χ0v) is 23.2. The molecule has 0 spiro atoms. The Balaban J connectivity index is 1.36. The number of fused-ring (bicyclic) bond motifs is 1. The van der Waals surface area contributed by atoms with Crippen LogP contribution in [0.25, 0.3) is 11.1 Å². The maximum atomic E-state index is 13.0. The van der Waals surface area contributed by atoms with E-state index < -0.39 is 0 Å². The molecule has 0 bridgehead atoms. The molecule has 6 heteroatoms. The zero-order valence-electron chi connectivity index (χ0n) is 23.2. The van der Waals surface area contributed by atoms with Crippen molar-refractivity contribution in [2.45, 2.75) is 52.1 Å². The van der Waals surface area contributed by atoms with Gasteiger partial charge in [0.1, 0.15) is 5.75 Å². The minimum absolute atomic E-state index is 0.0218. The minimum atomic E-state index is -0.0218. The summed E-state index contributed by atoms with van der Waals surface area (Å²) in [6.07, 6.45) is 2.69. The molecule has 6 nitrogen and oxygen atoms in total. The molecule has 39 heavy (non-hydrogen) atoms. The number of hydrogen-bond acceptors (Lipinski definition) is 3. The summed E-state index contributed by atoms with van der Waals surface area (Å²) in [5.74, 6) is 1.70. The zero-order chi connectivity index (χ0) is 27.4. The van der Waals surface area contributed by atoms with Crippen LogP contribution in [0.5, 0.6) is 5.75 Å². The number of amides is 3. The highest BCUT2D eigenvalue weighted by Gasteiger charge is 2.43. The van der Waals surface area contributed by atoms with Crippen LogP contribution in [0, 0.1) is 11.8 Å². The minimum Gasteiger partial charge on any atom is -0.497 e. The predicted molar refractivity (Wildman–Crippen MR) is 155 cm³/mol. The summed E-state index contributed by atoms with van der Waals surface area (Å²) in [5, 5.41) is 6.31. The first-order valence-corrected chi connectivity index (χ1v) is 14.1. The molecule has 0 aromatic heterocycles. The second-order valence-corrected chi connectivity index (χ2v) is 10.9. The number of rotatable bonds is 9. The summed E-state index contributed by atoms with van der Waals surface area (Å²) in [6.45, 7) is 6.61. The fraction of sp³-hybridized carbons (Fsp3) is 0.394. The van der Waals surface area contributed by atoms with Crippen LogP contribution in [0.1, 0.15) is 54.9 Å². The highest BCUT2D eigenvalue weighted by Crippen LogP contribution is 2.47. The normalized spacial score (nSPS) is 18.6. The molecule has 5 rings (SSSR count). The van der Waals surface area contributed by atoms with Crippen molar-refractivity contribution in [3.63, 3.8) is 0 Å². The standard InChI is InChI=1S/C33H39N3O3/c1-4-22(2)19-35-33(38)36-16-15-28-27(24-11-8-12-26(17-24)39-3)14-13-25(31(28)21-36)20-34-32(37)30-18-29(30)23-9-6-5-7-10-23/h5-14,17,22,29-30H,4,15-16,18-21H2,1-3H3,(H,34,37)(H,35,38). The van der Waals surface area contributed by atoms with Crippen molar-refractivity contribution in [2.24, 2.45) is 11.8 Å². The molecule has 3 aromatic carbocycles. The first-order valence-electron chi connectivity index (χ1n) is 14.1. The number of ether oxygens (including phenoxy) is 1. The van der Waals surface area contributed by atoms with Gasteiger partial charge in [-0.15, -0.1) is 0 Å². The van der Waals surface area contributed by atoms with Gasteiger partial charge in [0.25, 0.3) is 0 Å². The molecule has 204 valence electrons. The second kappa shape index (κ2) is 11.9. The lowest BCUT2D eigenvalue weighted by atomic mass is 9.87. The Morgan fingerprint density at radius 3 is 2.62 bits per heavy atom. The van der Waals surface area contributed by atoms with Crippen molar-refractivity contribution in [3.8, 4) is 16.9 Å². The molecule has 1 heterocycles. The Bertz CT molecular complexity index is 1320. The van der Waals surface area contributed by atoms with Crippen molar-refractivity contribution < 1.29 is 14.3 Å². The van der Waals surface area contributed by atoms with E-state index in [0.29, 0.717) is 38.0 Å². The summed E-state index contributed by atoms with van der Waals surface area (Å²) in [6, 6.07) is 22.6. The molecule has 3 unspecified atom stereocenters. The Morgan fingerprint density at radius 1 is 1.03 bits per heavy atom. The molecule has 2 N–H and O–H groups in total. The Morgan fingerprint density at radius 2 is 1.85 bits per heavy atom. The number of hydrogen-bond donors (Lipinski definition) is 2. The van der Waals surface area contributed by atoms with Gasteiger partial charge in [-0.05, 0) is 70.2 Å². The third-order valence-electron chi connectivity index (χ3n) is 8.28. The van der Waals surface area contributed by atoms with Gasteiger partial charge in [-0.25, -0.2) is 4.79 Å². The summed E-state index contributed by atoms with van der Waals surface area (Å²) < 4.78 is 5.47. The molecule has 1 fully saturated rings. The Labute approximate surface area is 231 Å². The lowest BCUT2D eigenvalue weighted by molar-refractivity contribution is -0.122. The first-order chi connectivity index (χ1) is 19.0. The van der Waals surface area contributed by atoms with E-state index in [-0.39, 0.29) is 17.9 Å². The Kier molecular flexibility index (Phi) is 8.20. The largest absolute Gasteiger partial charge is 0.497 e. The topological polar surface area (TPSA) is 70.7 Å². The summed E-state index contributed by atoms with van der Waals surface area (Å²) in [4.78, 5) is 28.0. The van der Waals surface area contributed by atoms with Gasteiger partial charge < -0.3 is 20.3 Å². The monoisotopic (exact) mass is 525 g/mol. The van der Waals surface area contributed by atoms with E-state index in [4.69, 9.17) is 4.74 Å². The van der Waals surface area contributed by atoms with Crippen molar-refractivity contribution in [2.75, 3.05) is 20.2 Å². The lowest BCUT2D eigenvalue weighted by Gasteiger charge is -2.32. The predicted octanol–water partition coefficient (Wildman–Crippen LogP) is 5.90. The van der Waals surface area contributed by atoms with E-state index >= 15 is 0 Å². The quantitative estimate of drug-likeness (QED) is 0.366. The molecule has 3 aromatic rings. The van der Waals surface area contributed by atoms with Crippen LogP contribution in [0.4, 0.5) is 4.79 Å². The van der Waals surface area contributed by atoms with Gasteiger partial charge in [-0.1, -0.05) is 74.9 Å². The van der Waals surface area contributed by atoms with E-state index in [1.54, 1.807) is 7.11 Å². The van der Waals surface area contributed by atoms with E-state index in [2.05, 4.69) is 60.9 Å². The van der Waals surface area contributed by atoms with Crippen LogP contribution in [0.2, 0.25) is 0 Å². The molecule has 3 atom stereocenters. The first kappa shape index (κ1) is 26.8. The molecule has 1 saturated carbocycles. The molecule has 3 amide bonds. The second-order valence-electron chi connectivity index (χ2n) is 10.9. The number of nitrogens with zero attached hydrogens (tertiary/aromatic N) is 1. The number of carbonyl (C=O) groups is 2. The van der Waals surface area contributed by atoms with Crippen molar-refractivity contribution in [1.29, 1.82) is 0 Å². The summed E-state index contributed by atoms with van der Waals surface area (Å²) >= 11 is 0. The summed E-state index contributed by atoms with van der Waals surface area (Å²) in [7, 11) is 1.68. The molecule has 2 aliphatic rings. The van der Waals surface area contributed by atoms with Crippen LogP contribution in [-0.2, 0) is 24.3 Å². The van der Waals surface area contributed by atoms with Gasteiger partial charge >= 0.3 is 6.03 Å². The van der Waals surface area contributed by atoms with E-state index in [1.165, 1.54) is 11.1 Å². The third-order valence-corrected chi connectivity index (χ3v) is 8.28. The van der Waals surface area contributed by atoms with E-state index in [9.17, 15) is 9.59 Å². The van der Waals surface area contributed by atoms with Crippen molar-refractivity contribution in [1.82, 2.24) is 15.5 Å². The molecule has 0 saturated heterocycles. The molecule has 1 aliphatic carbocycles. The average molecular weight is 526 g/mol. The SMILES string of the molecule is CCC(C)CNC(=O)N1CCc2c(-c3cccc(OC)c3)ccc(CNC(=O)C3CC3c3ccccc3)c2C1. The van der Waals surface area contributed by atoms with Gasteiger partial charge in [0.05, 0.1) is 7.11 Å². The van der Waals surface area contributed by atoms with Crippen LogP contribution in [-0.4, -0.2) is 37.0 Å². The number of benzene rings is 3. The van der Waals surface area contributed by atoms with Crippen LogP contribution in [0.15, 0.2) is 66.7 Å². The number of carbonyl (C=O) groups excluding carboxylic acids is 2. The Hall–Kier alpha value is -3.80. The van der Waals surface area contributed by atoms with E-state index in [0.717, 1.165) is 47.3 Å². The fourth-order valence-electron chi connectivity index (χ4n) is 5.53. The average Bonchev–Trinajstić information content (AvgIpc) is 3.80. The number of nitrogens with one attached hydrogen (secondary N) is 2.